The molecule has 0 aromatic heterocycles. The van der Waals surface area contributed by atoms with Crippen molar-refractivity contribution < 1.29 is 4.79 Å². The standard InChI is InChI=1S/C9H17N3O/c1-3-4-5-6-9(2)7(10)11-8(13)12-9/h3-6H2,1-2H3,(H3,10,11,12,13). The highest BCUT2D eigenvalue weighted by Gasteiger charge is 2.35. The average Bonchev–Trinajstić information content (AvgIpc) is 2.27. The van der Waals surface area contributed by atoms with Crippen LogP contribution in [0.5, 0.6) is 0 Å². The van der Waals surface area contributed by atoms with E-state index in [0.717, 1.165) is 12.8 Å². The van der Waals surface area contributed by atoms with Gasteiger partial charge in [-0.3, -0.25) is 0 Å². The van der Waals surface area contributed by atoms with Crippen LogP contribution in [0, 0.1) is 0 Å². The second-order valence-corrected chi connectivity index (χ2v) is 3.72. The van der Waals surface area contributed by atoms with Gasteiger partial charge in [-0.25, -0.2) is 4.79 Å². The van der Waals surface area contributed by atoms with Gasteiger partial charge in [0.05, 0.1) is 5.54 Å². The van der Waals surface area contributed by atoms with Crippen LogP contribution in [-0.4, -0.2) is 17.4 Å². The van der Waals surface area contributed by atoms with E-state index in [-0.39, 0.29) is 6.03 Å². The molecule has 1 heterocycles. The third-order valence-electron chi connectivity index (χ3n) is 2.45. The fourth-order valence-corrected chi connectivity index (χ4v) is 1.48. The lowest BCUT2D eigenvalue weighted by atomic mass is 9.94. The summed E-state index contributed by atoms with van der Waals surface area (Å²) in [6, 6.07) is -0.309. The van der Waals surface area contributed by atoms with Crippen molar-refractivity contribution in [1.29, 1.82) is 0 Å². The van der Waals surface area contributed by atoms with Gasteiger partial charge in [-0.2, -0.15) is 4.99 Å². The molecule has 4 nitrogen and oxygen atoms in total. The molecule has 0 aliphatic carbocycles. The number of carbonyl (C=O) groups is 1. The number of urea groups is 1. The maximum Gasteiger partial charge on any atom is 0.343 e. The first-order valence-corrected chi connectivity index (χ1v) is 4.75. The first-order valence-electron chi connectivity index (χ1n) is 4.75. The third-order valence-corrected chi connectivity index (χ3v) is 2.45. The number of hydrogen-bond donors (Lipinski definition) is 2. The van der Waals surface area contributed by atoms with E-state index in [4.69, 9.17) is 5.73 Å². The lowest BCUT2D eigenvalue weighted by Gasteiger charge is -2.23. The highest BCUT2D eigenvalue weighted by molar-refractivity contribution is 6.05. The first-order chi connectivity index (χ1) is 6.08. The van der Waals surface area contributed by atoms with E-state index in [2.05, 4.69) is 17.2 Å². The summed E-state index contributed by atoms with van der Waals surface area (Å²) in [7, 11) is 0. The molecule has 1 aliphatic rings. The lowest BCUT2D eigenvalue weighted by Crippen LogP contribution is -2.48. The topological polar surface area (TPSA) is 67.5 Å². The minimum absolute atomic E-state index is 0.309. The van der Waals surface area contributed by atoms with E-state index in [9.17, 15) is 4.79 Å². The van der Waals surface area contributed by atoms with Crippen LogP contribution in [-0.2, 0) is 0 Å². The van der Waals surface area contributed by atoms with Gasteiger partial charge in [0.25, 0.3) is 0 Å². The fourth-order valence-electron chi connectivity index (χ4n) is 1.48. The highest BCUT2D eigenvalue weighted by Crippen LogP contribution is 2.18. The second kappa shape index (κ2) is 3.77. The Hall–Kier alpha value is -1.06. The van der Waals surface area contributed by atoms with Gasteiger partial charge < -0.3 is 11.1 Å². The number of nitrogens with two attached hydrogens (primary N) is 1. The number of aliphatic imine (C=N–C) groups is 1. The average molecular weight is 183 g/mol. The van der Waals surface area contributed by atoms with Crippen LogP contribution in [0.4, 0.5) is 4.79 Å². The molecule has 3 N–H and O–H groups in total. The van der Waals surface area contributed by atoms with Gasteiger partial charge in [-0.05, 0) is 13.3 Å². The van der Waals surface area contributed by atoms with Crippen LogP contribution in [0.25, 0.3) is 0 Å². The number of unbranched alkanes of at least 4 members (excludes halogenated alkanes) is 2. The summed E-state index contributed by atoms with van der Waals surface area (Å²) in [5, 5.41) is 2.77. The van der Waals surface area contributed by atoms with E-state index in [1.165, 1.54) is 12.8 Å². The number of nitrogens with one attached hydrogen (secondary N) is 1. The molecule has 0 saturated carbocycles. The maximum atomic E-state index is 10.9. The number of rotatable bonds is 4. The van der Waals surface area contributed by atoms with Crippen molar-refractivity contribution in [1.82, 2.24) is 5.32 Å². The quantitative estimate of drug-likeness (QED) is 0.647. The Bertz CT molecular complexity index is 237. The van der Waals surface area contributed by atoms with Crippen LogP contribution < -0.4 is 11.1 Å². The number of amides is 2. The summed E-state index contributed by atoms with van der Waals surface area (Å²) < 4.78 is 0. The molecule has 1 unspecified atom stereocenters. The van der Waals surface area contributed by atoms with E-state index in [1.54, 1.807) is 0 Å². The zero-order valence-electron chi connectivity index (χ0n) is 8.26. The van der Waals surface area contributed by atoms with Gasteiger partial charge in [-0.1, -0.05) is 26.2 Å². The van der Waals surface area contributed by atoms with Crippen LogP contribution >= 0.6 is 0 Å². The molecular formula is C9H17N3O. The van der Waals surface area contributed by atoms with Gasteiger partial charge in [0.15, 0.2) is 0 Å². The molecular weight excluding hydrogens is 166 g/mol. The number of nitrogens with zero attached hydrogens (tertiary/aromatic N) is 1. The molecule has 1 atom stereocenters. The van der Waals surface area contributed by atoms with Crippen molar-refractivity contribution in [2.24, 2.45) is 10.7 Å². The summed E-state index contributed by atoms with van der Waals surface area (Å²) in [6.07, 6.45) is 4.28. The van der Waals surface area contributed by atoms with Gasteiger partial charge in [0.2, 0.25) is 0 Å². The van der Waals surface area contributed by atoms with Crippen molar-refractivity contribution in [3.63, 3.8) is 0 Å². The zero-order chi connectivity index (χ0) is 9.90. The molecule has 0 radical (unpaired) electrons. The van der Waals surface area contributed by atoms with Crippen LogP contribution in [0.3, 0.4) is 0 Å². The Balaban J connectivity index is 2.48. The number of hydrogen-bond acceptors (Lipinski definition) is 2. The van der Waals surface area contributed by atoms with Gasteiger partial charge in [0, 0.05) is 0 Å². The number of amidine groups is 1. The van der Waals surface area contributed by atoms with Crippen molar-refractivity contribution in [3.8, 4) is 0 Å². The van der Waals surface area contributed by atoms with Crippen LogP contribution in [0.15, 0.2) is 4.99 Å². The van der Waals surface area contributed by atoms with Gasteiger partial charge >= 0.3 is 6.03 Å². The molecule has 4 heteroatoms. The SMILES string of the molecule is CCCCCC1(C)NC(=O)N=C1N. The van der Waals surface area contributed by atoms with Gasteiger partial charge in [-0.15, -0.1) is 0 Å². The summed E-state index contributed by atoms with van der Waals surface area (Å²) in [4.78, 5) is 14.6. The normalized spacial score (nSPS) is 27.2. The first kappa shape index (κ1) is 10.0. The van der Waals surface area contributed by atoms with Crippen molar-refractivity contribution in [2.75, 3.05) is 0 Å². The molecule has 1 rings (SSSR count). The molecule has 0 aromatic carbocycles. The van der Waals surface area contributed by atoms with E-state index in [1.807, 2.05) is 6.92 Å². The monoisotopic (exact) mass is 183 g/mol. The summed E-state index contributed by atoms with van der Waals surface area (Å²) in [6.45, 7) is 4.07. The second-order valence-electron chi connectivity index (χ2n) is 3.72. The fraction of sp³-hybridized carbons (Fsp3) is 0.778. The molecule has 0 spiro atoms. The molecule has 74 valence electrons. The highest BCUT2D eigenvalue weighted by atomic mass is 16.2. The summed E-state index contributed by atoms with van der Waals surface area (Å²) >= 11 is 0. The molecule has 2 amide bonds. The molecule has 0 saturated heterocycles. The molecule has 0 bridgehead atoms. The molecule has 0 fully saturated rings. The van der Waals surface area contributed by atoms with Crippen molar-refractivity contribution in [2.45, 2.75) is 45.1 Å². The smallest absolute Gasteiger partial charge is 0.343 e. The number of carbonyl (C=O) groups excluding carboxylic acids is 1. The van der Waals surface area contributed by atoms with Crippen LogP contribution in [0.1, 0.15) is 39.5 Å². The molecule has 0 aromatic rings. The van der Waals surface area contributed by atoms with Crippen molar-refractivity contribution >= 4 is 11.9 Å². The van der Waals surface area contributed by atoms with Crippen molar-refractivity contribution in [3.05, 3.63) is 0 Å². The Kier molecular flexibility index (Phi) is 2.90. The minimum Gasteiger partial charge on any atom is -0.385 e. The summed E-state index contributed by atoms with van der Waals surface area (Å²) in [5.41, 5.74) is 5.26. The maximum absolute atomic E-state index is 10.9. The van der Waals surface area contributed by atoms with Crippen LogP contribution in [0.2, 0.25) is 0 Å². The third kappa shape index (κ3) is 2.20. The Morgan fingerprint density at radius 3 is 2.69 bits per heavy atom. The molecule has 1 aliphatic heterocycles. The Morgan fingerprint density at radius 1 is 1.54 bits per heavy atom. The summed E-state index contributed by atoms with van der Waals surface area (Å²) in [5.74, 6) is 0.425. The van der Waals surface area contributed by atoms with E-state index in [0.29, 0.717) is 5.84 Å². The minimum atomic E-state index is -0.397. The lowest BCUT2D eigenvalue weighted by molar-refractivity contribution is 0.246. The van der Waals surface area contributed by atoms with E-state index >= 15 is 0 Å². The largest absolute Gasteiger partial charge is 0.385 e. The predicted molar refractivity (Wildman–Crippen MR) is 52.7 cm³/mol. The Morgan fingerprint density at radius 2 is 2.23 bits per heavy atom. The zero-order valence-corrected chi connectivity index (χ0v) is 8.26. The predicted octanol–water partition coefficient (Wildman–Crippen LogP) is 1.41. The van der Waals surface area contributed by atoms with E-state index < -0.39 is 5.54 Å². The van der Waals surface area contributed by atoms with Gasteiger partial charge in [0.1, 0.15) is 5.84 Å². The molecule has 13 heavy (non-hydrogen) atoms. The Labute approximate surface area is 78.6 Å².